The molecule has 0 amide bonds. The quantitative estimate of drug-likeness (QED) is 0.699. The zero-order chi connectivity index (χ0) is 10.6. The summed E-state index contributed by atoms with van der Waals surface area (Å²) < 4.78 is 29.0. The molecule has 1 heterocycles. The van der Waals surface area contributed by atoms with Crippen LogP contribution in [0.15, 0.2) is 0 Å². The lowest BCUT2D eigenvalue weighted by molar-refractivity contribution is 0.0836. The molecule has 0 bridgehead atoms. The minimum atomic E-state index is -3.58. The second-order valence-corrected chi connectivity index (χ2v) is 5.83. The number of hydrogen-bond donors (Lipinski definition) is 0. The molecule has 0 spiro atoms. The van der Waals surface area contributed by atoms with Gasteiger partial charge in [-0.1, -0.05) is 6.42 Å². The summed E-state index contributed by atoms with van der Waals surface area (Å²) in [5.74, 6) is 0. The average Bonchev–Trinajstić information content (AvgIpc) is 2.14. The first kappa shape index (κ1) is 12.2. The van der Waals surface area contributed by atoms with Gasteiger partial charge < -0.3 is 4.74 Å². The highest BCUT2D eigenvalue weighted by Crippen LogP contribution is 2.22. The number of hydrogen-bond acceptors (Lipinski definition) is 3. The smallest absolute Gasteiger partial charge is 0.300 e. The Kier molecular flexibility index (Phi) is 4.63. The second kappa shape index (κ2) is 5.30. The molecule has 6 heteroatoms. The third kappa shape index (κ3) is 3.38. The first-order valence-corrected chi connectivity index (χ1v) is 7.11. The molecule has 0 aliphatic carbocycles. The van der Waals surface area contributed by atoms with Crippen LogP contribution in [0.3, 0.4) is 0 Å². The SMILES string of the molecule is CCOCC1CCCCN1S(=O)(=O)Cl. The van der Waals surface area contributed by atoms with E-state index in [9.17, 15) is 8.42 Å². The van der Waals surface area contributed by atoms with Crippen molar-refractivity contribution in [2.75, 3.05) is 19.8 Å². The number of nitrogens with zero attached hydrogens (tertiary/aromatic N) is 1. The molecule has 0 aromatic heterocycles. The van der Waals surface area contributed by atoms with Crippen LogP contribution in [0.1, 0.15) is 26.2 Å². The molecule has 84 valence electrons. The average molecular weight is 242 g/mol. The molecule has 1 saturated heterocycles. The highest BCUT2D eigenvalue weighted by Gasteiger charge is 2.30. The van der Waals surface area contributed by atoms with Gasteiger partial charge in [-0.2, -0.15) is 12.7 Å². The maximum atomic E-state index is 11.2. The van der Waals surface area contributed by atoms with E-state index in [0.717, 1.165) is 19.3 Å². The molecule has 1 fully saturated rings. The van der Waals surface area contributed by atoms with E-state index in [1.54, 1.807) is 0 Å². The van der Waals surface area contributed by atoms with Gasteiger partial charge in [0.15, 0.2) is 0 Å². The summed E-state index contributed by atoms with van der Waals surface area (Å²) in [4.78, 5) is 0. The Bertz CT molecular complexity index is 268. The zero-order valence-electron chi connectivity index (χ0n) is 8.28. The van der Waals surface area contributed by atoms with Crippen LogP contribution < -0.4 is 0 Å². The van der Waals surface area contributed by atoms with E-state index in [1.807, 2.05) is 6.92 Å². The normalized spacial score (nSPS) is 25.1. The summed E-state index contributed by atoms with van der Waals surface area (Å²) in [5.41, 5.74) is 0. The number of rotatable bonds is 4. The van der Waals surface area contributed by atoms with Gasteiger partial charge in [0.2, 0.25) is 0 Å². The minimum Gasteiger partial charge on any atom is -0.380 e. The largest absolute Gasteiger partial charge is 0.380 e. The fourth-order valence-corrected chi connectivity index (χ4v) is 3.10. The van der Waals surface area contributed by atoms with Gasteiger partial charge in [-0.3, -0.25) is 0 Å². The molecule has 0 saturated carbocycles. The topological polar surface area (TPSA) is 46.6 Å². The van der Waals surface area contributed by atoms with Crippen LogP contribution in [-0.4, -0.2) is 38.5 Å². The van der Waals surface area contributed by atoms with Gasteiger partial charge in [-0.15, -0.1) is 0 Å². The van der Waals surface area contributed by atoms with Gasteiger partial charge in [-0.25, -0.2) is 0 Å². The van der Waals surface area contributed by atoms with Crippen molar-refractivity contribution >= 4 is 19.9 Å². The van der Waals surface area contributed by atoms with E-state index in [1.165, 1.54) is 4.31 Å². The monoisotopic (exact) mass is 241 g/mol. The maximum absolute atomic E-state index is 11.2. The molecule has 1 atom stereocenters. The van der Waals surface area contributed by atoms with Crippen molar-refractivity contribution in [3.63, 3.8) is 0 Å². The Morgan fingerprint density at radius 1 is 1.50 bits per heavy atom. The molecular weight excluding hydrogens is 226 g/mol. The van der Waals surface area contributed by atoms with Crippen molar-refractivity contribution < 1.29 is 13.2 Å². The summed E-state index contributed by atoms with van der Waals surface area (Å²) in [7, 11) is 1.75. The third-order valence-electron chi connectivity index (χ3n) is 2.37. The highest BCUT2D eigenvalue weighted by atomic mass is 35.7. The summed E-state index contributed by atoms with van der Waals surface area (Å²) in [6.07, 6.45) is 2.77. The van der Waals surface area contributed by atoms with Gasteiger partial charge >= 0.3 is 0 Å². The summed E-state index contributed by atoms with van der Waals surface area (Å²) in [5, 5.41) is 0. The lowest BCUT2D eigenvalue weighted by Crippen LogP contribution is -2.44. The Morgan fingerprint density at radius 3 is 2.79 bits per heavy atom. The van der Waals surface area contributed by atoms with Crippen molar-refractivity contribution in [3.05, 3.63) is 0 Å². The van der Waals surface area contributed by atoms with E-state index >= 15 is 0 Å². The predicted octanol–water partition coefficient (Wildman–Crippen LogP) is 1.36. The first-order chi connectivity index (χ1) is 6.55. The Labute approximate surface area is 89.7 Å². The van der Waals surface area contributed by atoms with Crippen molar-refractivity contribution in [2.45, 2.75) is 32.2 Å². The number of ether oxygens (including phenoxy) is 1. The van der Waals surface area contributed by atoms with Crippen LogP contribution in [0, 0.1) is 0 Å². The molecule has 1 unspecified atom stereocenters. The van der Waals surface area contributed by atoms with Crippen LogP contribution >= 0.6 is 10.7 Å². The van der Waals surface area contributed by atoms with Crippen molar-refractivity contribution in [1.82, 2.24) is 4.31 Å². The Morgan fingerprint density at radius 2 is 2.21 bits per heavy atom. The van der Waals surface area contributed by atoms with E-state index in [0.29, 0.717) is 19.8 Å². The van der Waals surface area contributed by atoms with Crippen LogP contribution in [-0.2, 0) is 14.0 Å². The maximum Gasteiger partial charge on any atom is 0.300 e. The fourth-order valence-electron chi connectivity index (χ4n) is 1.68. The van der Waals surface area contributed by atoms with Gasteiger partial charge in [0, 0.05) is 29.9 Å². The lowest BCUT2D eigenvalue weighted by Gasteiger charge is -2.32. The van der Waals surface area contributed by atoms with E-state index < -0.39 is 9.24 Å². The predicted molar refractivity (Wildman–Crippen MR) is 55.6 cm³/mol. The van der Waals surface area contributed by atoms with Gasteiger partial charge in [-0.05, 0) is 19.8 Å². The second-order valence-electron chi connectivity index (χ2n) is 3.36. The van der Waals surface area contributed by atoms with Crippen molar-refractivity contribution in [2.24, 2.45) is 0 Å². The molecule has 4 nitrogen and oxygen atoms in total. The van der Waals surface area contributed by atoms with Gasteiger partial charge in [0.05, 0.1) is 6.61 Å². The molecule has 0 aromatic carbocycles. The zero-order valence-corrected chi connectivity index (χ0v) is 9.85. The van der Waals surface area contributed by atoms with Gasteiger partial charge in [0.25, 0.3) is 9.24 Å². The molecule has 0 aromatic rings. The van der Waals surface area contributed by atoms with E-state index in [2.05, 4.69) is 0 Å². The van der Waals surface area contributed by atoms with Crippen LogP contribution in [0.25, 0.3) is 0 Å². The first-order valence-electron chi connectivity index (χ1n) is 4.85. The Balaban J connectivity index is 2.60. The summed E-state index contributed by atoms with van der Waals surface area (Å²) >= 11 is 0. The van der Waals surface area contributed by atoms with Gasteiger partial charge in [0.1, 0.15) is 0 Å². The summed E-state index contributed by atoms with van der Waals surface area (Å²) in [6.45, 7) is 3.46. The van der Waals surface area contributed by atoms with Crippen molar-refractivity contribution in [1.29, 1.82) is 0 Å². The fraction of sp³-hybridized carbons (Fsp3) is 1.00. The van der Waals surface area contributed by atoms with Crippen LogP contribution in [0.4, 0.5) is 0 Å². The Hall–Kier alpha value is 0.160. The van der Waals surface area contributed by atoms with E-state index in [-0.39, 0.29) is 6.04 Å². The minimum absolute atomic E-state index is 0.0776. The van der Waals surface area contributed by atoms with Crippen molar-refractivity contribution in [3.8, 4) is 0 Å². The molecule has 0 N–H and O–H groups in total. The van der Waals surface area contributed by atoms with Crippen LogP contribution in [0.5, 0.6) is 0 Å². The molecule has 1 aliphatic heterocycles. The number of halogens is 1. The highest BCUT2D eigenvalue weighted by molar-refractivity contribution is 8.11. The third-order valence-corrected chi connectivity index (χ3v) is 3.94. The molecule has 1 rings (SSSR count). The lowest BCUT2D eigenvalue weighted by atomic mass is 10.1. The summed E-state index contributed by atoms with van der Waals surface area (Å²) in [6, 6.07) is -0.0776. The molecule has 14 heavy (non-hydrogen) atoms. The molecule has 1 aliphatic rings. The standard InChI is InChI=1S/C8H16ClNO3S/c1-2-13-7-8-5-3-4-6-10(8)14(9,11)12/h8H,2-7H2,1H3. The van der Waals surface area contributed by atoms with E-state index in [4.69, 9.17) is 15.4 Å². The number of piperidine rings is 1. The van der Waals surface area contributed by atoms with Crippen LogP contribution in [0.2, 0.25) is 0 Å². The molecule has 0 radical (unpaired) electrons. The molecular formula is C8H16ClNO3S.